The van der Waals surface area contributed by atoms with Crippen molar-refractivity contribution in [3.63, 3.8) is 0 Å². The number of rotatable bonds is 5. The topological polar surface area (TPSA) is 68.8 Å². The van der Waals surface area contributed by atoms with Gasteiger partial charge in [0.1, 0.15) is 11.8 Å². The molecule has 6 heteroatoms. The number of carboxylic acids is 1. The van der Waals surface area contributed by atoms with E-state index in [4.69, 9.17) is 4.74 Å². The van der Waals surface area contributed by atoms with E-state index in [0.29, 0.717) is 13.1 Å². The molecule has 1 unspecified atom stereocenters. The highest BCUT2D eigenvalue weighted by Gasteiger charge is 2.32. The summed E-state index contributed by atoms with van der Waals surface area (Å²) in [6, 6.07) is 13.4. The summed E-state index contributed by atoms with van der Waals surface area (Å²) in [6.07, 6.45) is 1.84. The third kappa shape index (κ3) is 3.43. The fourth-order valence-corrected chi connectivity index (χ4v) is 4.01. The lowest BCUT2D eigenvalue weighted by molar-refractivity contribution is -0.143. The van der Waals surface area contributed by atoms with E-state index in [1.54, 1.807) is 7.11 Å². The van der Waals surface area contributed by atoms with Gasteiger partial charge in [-0.1, -0.05) is 17.7 Å². The van der Waals surface area contributed by atoms with Gasteiger partial charge >= 0.3 is 5.97 Å². The minimum absolute atomic E-state index is 0.650. The van der Waals surface area contributed by atoms with Gasteiger partial charge in [-0.05, 0) is 31.2 Å². The lowest BCUT2D eigenvalue weighted by Crippen LogP contribution is -2.49. The van der Waals surface area contributed by atoms with Crippen LogP contribution in [0.3, 0.4) is 0 Å². The van der Waals surface area contributed by atoms with Crippen LogP contribution in [0.4, 0.5) is 5.69 Å². The second-order valence-corrected chi connectivity index (χ2v) is 7.26. The van der Waals surface area contributed by atoms with Gasteiger partial charge in [0.2, 0.25) is 0 Å². The number of nitrogens with zero attached hydrogens (tertiary/aromatic N) is 2. The van der Waals surface area contributed by atoms with Gasteiger partial charge < -0.3 is 19.7 Å². The molecule has 0 aliphatic carbocycles. The van der Waals surface area contributed by atoms with Gasteiger partial charge in [-0.3, -0.25) is 9.69 Å². The molecule has 0 radical (unpaired) electrons. The van der Waals surface area contributed by atoms with Crippen LogP contribution < -0.4 is 9.64 Å². The first-order valence-electron chi connectivity index (χ1n) is 9.50. The van der Waals surface area contributed by atoms with Crippen molar-refractivity contribution in [1.82, 2.24) is 9.88 Å². The second kappa shape index (κ2) is 7.56. The number of carbonyl (C=O) groups is 1. The summed E-state index contributed by atoms with van der Waals surface area (Å²) in [6.45, 7) is 4.95. The Balaban J connectivity index is 1.55. The number of benzene rings is 2. The SMILES string of the molecule is COc1cccc(N2CCN(C(C(=O)O)c3c[nH]c4ccc(C)cc34)CC2)c1. The van der Waals surface area contributed by atoms with E-state index in [1.807, 2.05) is 43.5 Å². The van der Waals surface area contributed by atoms with Crippen LogP contribution in [0.15, 0.2) is 48.7 Å². The van der Waals surface area contributed by atoms with E-state index in [9.17, 15) is 9.90 Å². The van der Waals surface area contributed by atoms with Crippen molar-refractivity contribution < 1.29 is 14.6 Å². The van der Waals surface area contributed by atoms with Crippen molar-refractivity contribution in [3.8, 4) is 5.75 Å². The first-order valence-corrected chi connectivity index (χ1v) is 9.50. The molecule has 0 amide bonds. The quantitative estimate of drug-likeness (QED) is 0.711. The lowest BCUT2D eigenvalue weighted by atomic mass is 10.0. The number of aromatic amines is 1. The van der Waals surface area contributed by atoms with Gasteiger partial charge in [-0.2, -0.15) is 0 Å². The van der Waals surface area contributed by atoms with Crippen LogP contribution in [0.25, 0.3) is 10.9 Å². The van der Waals surface area contributed by atoms with E-state index in [-0.39, 0.29) is 0 Å². The Morgan fingerprint density at radius 3 is 2.64 bits per heavy atom. The van der Waals surface area contributed by atoms with Crippen LogP contribution in [0, 0.1) is 6.92 Å². The molecule has 2 aromatic carbocycles. The summed E-state index contributed by atoms with van der Waals surface area (Å²) in [5.41, 5.74) is 4.04. The van der Waals surface area contributed by atoms with Gasteiger partial charge in [0.05, 0.1) is 7.11 Å². The van der Waals surface area contributed by atoms with Gasteiger partial charge in [-0.25, -0.2) is 0 Å². The molecule has 2 N–H and O–H groups in total. The molecule has 1 aliphatic heterocycles. The molecule has 3 aromatic rings. The van der Waals surface area contributed by atoms with Crippen LogP contribution in [0.1, 0.15) is 17.2 Å². The monoisotopic (exact) mass is 379 g/mol. The predicted octanol–water partition coefficient (Wildman–Crippen LogP) is 3.43. The predicted molar refractivity (Wildman–Crippen MR) is 110 cm³/mol. The number of anilines is 1. The Morgan fingerprint density at radius 2 is 1.93 bits per heavy atom. The number of methoxy groups -OCH3 is 1. The zero-order valence-corrected chi connectivity index (χ0v) is 16.2. The summed E-state index contributed by atoms with van der Waals surface area (Å²) >= 11 is 0. The minimum atomic E-state index is -0.808. The number of aromatic nitrogens is 1. The number of H-pyrrole nitrogens is 1. The van der Waals surface area contributed by atoms with Crippen LogP contribution in [0.5, 0.6) is 5.75 Å². The van der Waals surface area contributed by atoms with Crippen LogP contribution in [-0.4, -0.2) is 54.2 Å². The van der Waals surface area contributed by atoms with E-state index in [1.165, 1.54) is 0 Å². The Morgan fingerprint density at radius 1 is 1.14 bits per heavy atom. The van der Waals surface area contributed by atoms with Crippen molar-refractivity contribution in [1.29, 1.82) is 0 Å². The molecule has 1 fully saturated rings. The number of hydrogen-bond acceptors (Lipinski definition) is 4. The molecule has 2 heterocycles. The first kappa shape index (κ1) is 18.4. The Labute approximate surface area is 164 Å². The smallest absolute Gasteiger partial charge is 0.325 e. The van der Waals surface area contributed by atoms with Crippen molar-refractivity contribution in [2.24, 2.45) is 0 Å². The van der Waals surface area contributed by atoms with Gasteiger partial charge in [-0.15, -0.1) is 0 Å². The Kier molecular flexibility index (Phi) is 4.96. The molecule has 0 saturated carbocycles. The van der Waals surface area contributed by atoms with Crippen molar-refractivity contribution in [2.45, 2.75) is 13.0 Å². The fraction of sp³-hybridized carbons (Fsp3) is 0.318. The molecule has 0 bridgehead atoms. The average Bonchev–Trinajstić information content (AvgIpc) is 3.11. The number of fused-ring (bicyclic) bond motifs is 1. The van der Waals surface area contributed by atoms with Gasteiger partial charge in [0.25, 0.3) is 0 Å². The zero-order chi connectivity index (χ0) is 19.7. The van der Waals surface area contributed by atoms with E-state index in [0.717, 1.165) is 46.6 Å². The first-order chi connectivity index (χ1) is 13.6. The number of carboxylic acid groups (broad SMARTS) is 1. The number of nitrogens with one attached hydrogen (secondary N) is 1. The van der Waals surface area contributed by atoms with Gasteiger partial charge in [0, 0.05) is 60.6 Å². The van der Waals surface area contributed by atoms with E-state index in [2.05, 4.69) is 26.9 Å². The van der Waals surface area contributed by atoms with Crippen LogP contribution in [-0.2, 0) is 4.79 Å². The molecule has 6 nitrogen and oxygen atoms in total. The highest BCUT2D eigenvalue weighted by molar-refractivity contribution is 5.89. The summed E-state index contributed by atoms with van der Waals surface area (Å²) in [5, 5.41) is 11.0. The number of ether oxygens (including phenoxy) is 1. The number of aliphatic carboxylic acids is 1. The van der Waals surface area contributed by atoms with Gasteiger partial charge in [0.15, 0.2) is 0 Å². The van der Waals surface area contributed by atoms with E-state index >= 15 is 0 Å². The van der Waals surface area contributed by atoms with Crippen LogP contribution in [0.2, 0.25) is 0 Å². The Bertz CT molecular complexity index is 990. The van der Waals surface area contributed by atoms with E-state index < -0.39 is 12.0 Å². The molecule has 1 atom stereocenters. The maximum absolute atomic E-state index is 12.2. The maximum atomic E-state index is 12.2. The molecular weight excluding hydrogens is 354 g/mol. The zero-order valence-electron chi connectivity index (χ0n) is 16.2. The lowest BCUT2D eigenvalue weighted by Gasteiger charge is -2.38. The molecule has 4 rings (SSSR count). The highest BCUT2D eigenvalue weighted by atomic mass is 16.5. The third-order valence-corrected chi connectivity index (χ3v) is 5.50. The third-order valence-electron chi connectivity index (χ3n) is 5.50. The Hall–Kier alpha value is -2.99. The molecule has 1 aliphatic rings. The molecule has 28 heavy (non-hydrogen) atoms. The summed E-state index contributed by atoms with van der Waals surface area (Å²) in [5.74, 6) is 0.0229. The van der Waals surface area contributed by atoms with Crippen molar-refractivity contribution in [3.05, 3.63) is 59.8 Å². The molecule has 1 aromatic heterocycles. The second-order valence-electron chi connectivity index (χ2n) is 7.26. The summed E-state index contributed by atoms with van der Waals surface area (Å²) < 4.78 is 5.32. The molecular formula is C22H25N3O3. The largest absolute Gasteiger partial charge is 0.497 e. The maximum Gasteiger partial charge on any atom is 0.325 e. The fourth-order valence-electron chi connectivity index (χ4n) is 4.01. The van der Waals surface area contributed by atoms with Crippen molar-refractivity contribution in [2.75, 3.05) is 38.2 Å². The minimum Gasteiger partial charge on any atom is -0.497 e. The normalized spacial score (nSPS) is 16.3. The number of aryl methyl sites for hydroxylation is 1. The van der Waals surface area contributed by atoms with Crippen LogP contribution >= 0.6 is 0 Å². The average molecular weight is 379 g/mol. The molecule has 146 valence electrons. The molecule has 0 spiro atoms. The standard InChI is InChI=1S/C22H25N3O3/c1-15-6-7-20-18(12-15)19(14-23-20)21(22(26)27)25-10-8-24(9-11-25)16-4-3-5-17(13-16)28-2/h3-7,12-14,21,23H,8-11H2,1-2H3,(H,26,27). The number of piperazine rings is 1. The summed E-state index contributed by atoms with van der Waals surface area (Å²) in [7, 11) is 1.66. The molecule has 1 saturated heterocycles. The summed E-state index contributed by atoms with van der Waals surface area (Å²) in [4.78, 5) is 19.7. The highest BCUT2D eigenvalue weighted by Crippen LogP contribution is 2.31. The number of hydrogen-bond donors (Lipinski definition) is 2. The van der Waals surface area contributed by atoms with Crippen molar-refractivity contribution >= 4 is 22.6 Å².